The van der Waals surface area contributed by atoms with Crippen molar-refractivity contribution < 1.29 is 0 Å². The Hall–Kier alpha value is -0.780. The minimum atomic E-state index is 0.661. The first-order valence-electron chi connectivity index (χ1n) is 6.21. The van der Waals surface area contributed by atoms with E-state index in [0.29, 0.717) is 5.92 Å². The normalized spacial score (nSPS) is 13.3. The van der Waals surface area contributed by atoms with Crippen LogP contribution in [0.1, 0.15) is 53.9 Å². The fourth-order valence-corrected chi connectivity index (χ4v) is 1.39. The topological polar surface area (TPSA) is 0 Å². The maximum atomic E-state index is 3.74. The summed E-state index contributed by atoms with van der Waals surface area (Å²) in [6.45, 7) is 14.3. The van der Waals surface area contributed by atoms with Gasteiger partial charge in [-0.05, 0) is 24.8 Å². The zero-order valence-corrected chi connectivity index (χ0v) is 11.2. The van der Waals surface area contributed by atoms with Crippen LogP contribution in [0.5, 0.6) is 0 Å². The molecule has 0 saturated heterocycles. The van der Waals surface area contributed by atoms with Crippen molar-refractivity contribution in [3.63, 3.8) is 0 Å². The highest BCUT2D eigenvalue weighted by Crippen LogP contribution is 2.18. The second-order valence-electron chi connectivity index (χ2n) is 3.45. The molecule has 0 aliphatic heterocycles. The molecule has 0 heteroatoms. The van der Waals surface area contributed by atoms with Crippen molar-refractivity contribution in [2.45, 2.75) is 53.9 Å². The molecule has 0 amide bonds. The van der Waals surface area contributed by atoms with Gasteiger partial charge in [-0.3, -0.25) is 0 Å². The lowest BCUT2D eigenvalue weighted by Gasteiger charge is -2.11. The van der Waals surface area contributed by atoms with E-state index in [1.165, 1.54) is 24.8 Å². The Labute approximate surface area is 96.8 Å². The molecule has 1 unspecified atom stereocenters. The molecule has 0 nitrogen and oxygen atoms in total. The van der Waals surface area contributed by atoms with Crippen LogP contribution in [0.2, 0.25) is 0 Å². The van der Waals surface area contributed by atoms with Crippen molar-refractivity contribution in [3.05, 3.63) is 36.5 Å². The Kier molecular flexibility index (Phi) is 14.7. The average molecular weight is 208 g/mol. The standard InChI is InChI=1S/C13H22.C2H6/c1-5-8-11-12(4)13(9-6-2)10-7-3;1-2/h6-7,9-10,12H,2,5,8,11H2,1,3-4H3;1-2H3/b10-7-,13-9+;. The van der Waals surface area contributed by atoms with Gasteiger partial charge in [-0.25, -0.2) is 0 Å². The SMILES string of the molecule is C=C/C=C(\C=C/C)C(C)CCCC.CC. The van der Waals surface area contributed by atoms with E-state index in [1.807, 2.05) is 19.9 Å². The van der Waals surface area contributed by atoms with E-state index in [2.05, 4.69) is 45.6 Å². The lowest BCUT2D eigenvalue weighted by molar-refractivity contribution is 0.581. The molecule has 0 radical (unpaired) electrons. The third-order valence-electron chi connectivity index (χ3n) is 2.23. The van der Waals surface area contributed by atoms with E-state index in [9.17, 15) is 0 Å². The van der Waals surface area contributed by atoms with E-state index >= 15 is 0 Å². The molecule has 0 rings (SSSR count). The molecular weight excluding hydrogens is 180 g/mol. The molecule has 0 aromatic heterocycles. The fraction of sp³-hybridized carbons (Fsp3) is 0.600. The van der Waals surface area contributed by atoms with E-state index < -0.39 is 0 Å². The highest BCUT2D eigenvalue weighted by atomic mass is 14.1. The number of rotatable bonds is 6. The molecule has 15 heavy (non-hydrogen) atoms. The van der Waals surface area contributed by atoms with Gasteiger partial charge in [0.25, 0.3) is 0 Å². The van der Waals surface area contributed by atoms with Crippen LogP contribution in [-0.2, 0) is 0 Å². The van der Waals surface area contributed by atoms with Crippen LogP contribution < -0.4 is 0 Å². The van der Waals surface area contributed by atoms with Gasteiger partial charge in [0.2, 0.25) is 0 Å². The fourth-order valence-electron chi connectivity index (χ4n) is 1.39. The summed E-state index contributed by atoms with van der Waals surface area (Å²) in [5, 5.41) is 0. The van der Waals surface area contributed by atoms with Crippen molar-refractivity contribution >= 4 is 0 Å². The van der Waals surface area contributed by atoms with Crippen LogP contribution in [-0.4, -0.2) is 0 Å². The van der Waals surface area contributed by atoms with Crippen LogP contribution in [0, 0.1) is 5.92 Å². The van der Waals surface area contributed by atoms with Gasteiger partial charge in [0.1, 0.15) is 0 Å². The molecule has 0 fully saturated rings. The first-order chi connectivity index (χ1) is 7.26. The molecule has 88 valence electrons. The molecule has 0 aliphatic carbocycles. The molecule has 0 spiro atoms. The van der Waals surface area contributed by atoms with Gasteiger partial charge in [0.05, 0.1) is 0 Å². The van der Waals surface area contributed by atoms with Crippen molar-refractivity contribution in [3.8, 4) is 0 Å². The molecule has 0 aliphatic rings. The van der Waals surface area contributed by atoms with Gasteiger partial charge < -0.3 is 0 Å². The van der Waals surface area contributed by atoms with Crippen molar-refractivity contribution in [2.75, 3.05) is 0 Å². The molecular formula is C15H28. The van der Waals surface area contributed by atoms with Gasteiger partial charge in [0, 0.05) is 0 Å². The predicted molar refractivity (Wildman–Crippen MR) is 73.1 cm³/mol. The maximum absolute atomic E-state index is 3.74. The third kappa shape index (κ3) is 9.52. The number of unbranched alkanes of at least 4 members (excludes halogenated alkanes) is 1. The summed E-state index contributed by atoms with van der Waals surface area (Å²) >= 11 is 0. The monoisotopic (exact) mass is 208 g/mol. The highest BCUT2D eigenvalue weighted by molar-refractivity contribution is 5.24. The van der Waals surface area contributed by atoms with Crippen molar-refractivity contribution in [1.29, 1.82) is 0 Å². The second kappa shape index (κ2) is 13.2. The van der Waals surface area contributed by atoms with E-state index in [1.54, 1.807) is 0 Å². The molecule has 0 saturated carbocycles. The summed E-state index contributed by atoms with van der Waals surface area (Å²) in [7, 11) is 0. The average Bonchev–Trinajstić information content (AvgIpc) is 2.28. The Morgan fingerprint density at radius 3 is 2.33 bits per heavy atom. The minimum absolute atomic E-state index is 0.661. The Morgan fingerprint density at radius 1 is 1.33 bits per heavy atom. The first-order valence-corrected chi connectivity index (χ1v) is 6.21. The van der Waals surface area contributed by atoms with Crippen LogP contribution in [0.25, 0.3) is 0 Å². The summed E-state index contributed by atoms with van der Waals surface area (Å²) < 4.78 is 0. The molecule has 0 aromatic carbocycles. The van der Waals surface area contributed by atoms with Gasteiger partial charge in [-0.15, -0.1) is 0 Å². The van der Waals surface area contributed by atoms with Gasteiger partial charge in [-0.1, -0.05) is 71.4 Å². The third-order valence-corrected chi connectivity index (χ3v) is 2.23. The molecule has 0 heterocycles. The van der Waals surface area contributed by atoms with Crippen LogP contribution in [0.4, 0.5) is 0 Å². The molecule has 0 bridgehead atoms. The summed E-state index contributed by atoms with van der Waals surface area (Å²) in [6, 6.07) is 0. The molecule has 0 aromatic rings. The summed E-state index contributed by atoms with van der Waals surface area (Å²) in [5.41, 5.74) is 1.39. The zero-order valence-electron chi connectivity index (χ0n) is 11.2. The second-order valence-corrected chi connectivity index (χ2v) is 3.45. The van der Waals surface area contributed by atoms with Gasteiger partial charge in [0.15, 0.2) is 0 Å². The summed E-state index contributed by atoms with van der Waals surface area (Å²) in [4.78, 5) is 0. The highest BCUT2D eigenvalue weighted by Gasteiger charge is 2.03. The predicted octanol–water partition coefficient (Wildman–Crippen LogP) is 5.53. The molecule has 0 N–H and O–H groups in total. The number of hydrogen-bond acceptors (Lipinski definition) is 0. The Balaban J connectivity index is 0. The lowest BCUT2D eigenvalue weighted by atomic mass is 9.94. The first kappa shape index (κ1) is 16.6. The smallest absolute Gasteiger partial charge is 0.0191 e. The Bertz CT molecular complexity index is 184. The van der Waals surface area contributed by atoms with Gasteiger partial charge in [-0.2, -0.15) is 0 Å². The van der Waals surface area contributed by atoms with Crippen molar-refractivity contribution in [2.24, 2.45) is 5.92 Å². The minimum Gasteiger partial charge on any atom is -0.0991 e. The number of hydrogen-bond donors (Lipinski definition) is 0. The quantitative estimate of drug-likeness (QED) is 0.504. The van der Waals surface area contributed by atoms with E-state index in [4.69, 9.17) is 0 Å². The number of allylic oxidation sites excluding steroid dienone is 5. The van der Waals surface area contributed by atoms with E-state index in [0.717, 1.165) is 0 Å². The summed E-state index contributed by atoms with van der Waals surface area (Å²) in [6.07, 6.45) is 12.1. The Morgan fingerprint density at radius 2 is 1.93 bits per heavy atom. The van der Waals surface area contributed by atoms with Crippen LogP contribution >= 0.6 is 0 Å². The molecule has 1 atom stereocenters. The zero-order chi connectivity index (χ0) is 12.1. The van der Waals surface area contributed by atoms with E-state index in [-0.39, 0.29) is 0 Å². The van der Waals surface area contributed by atoms with Crippen LogP contribution in [0.15, 0.2) is 36.5 Å². The lowest BCUT2D eigenvalue weighted by Crippen LogP contribution is -1.96. The van der Waals surface area contributed by atoms with Crippen molar-refractivity contribution in [1.82, 2.24) is 0 Å². The van der Waals surface area contributed by atoms with Gasteiger partial charge >= 0.3 is 0 Å². The largest absolute Gasteiger partial charge is 0.0991 e. The maximum Gasteiger partial charge on any atom is -0.0191 e. The van der Waals surface area contributed by atoms with Crippen LogP contribution in [0.3, 0.4) is 0 Å². The summed E-state index contributed by atoms with van der Waals surface area (Å²) in [5.74, 6) is 0.661.